The van der Waals surface area contributed by atoms with Crippen LogP contribution in [0.2, 0.25) is 0 Å². The quantitative estimate of drug-likeness (QED) is 0.869. The van der Waals surface area contributed by atoms with Crippen LogP contribution in [0.1, 0.15) is 13.8 Å². The zero-order chi connectivity index (χ0) is 15.6. The lowest BCUT2D eigenvalue weighted by Crippen LogP contribution is -2.40. The van der Waals surface area contributed by atoms with Crippen molar-refractivity contribution in [2.45, 2.75) is 24.8 Å². The van der Waals surface area contributed by atoms with E-state index < -0.39 is 28.6 Å². The first-order valence-electron chi connectivity index (χ1n) is 6.46. The number of sulfonamides is 1. The molecule has 0 radical (unpaired) electrons. The van der Waals surface area contributed by atoms with Crippen molar-refractivity contribution in [3.63, 3.8) is 0 Å². The van der Waals surface area contributed by atoms with E-state index >= 15 is 0 Å². The molecule has 1 aliphatic heterocycles. The molecule has 0 saturated carbocycles. The Morgan fingerprint density at radius 3 is 2.62 bits per heavy atom. The molecule has 1 aromatic rings. The van der Waals surface area contributed by atoms with Crippen LogP contribution in [0.25, 0.3) is 0 Å². The van der Waals surface area contributed by atoms with E-state index in [0.717, 1.165) is 4.31 Å². The fourth-order valence-electron chi connectivity index (χ4n) is 2.05. The number of hydrogen-bond donors (Lipinski definition) is 1. The number of carboxylic acid groups (broad SMARTS) is 1. The normalized spacial score (nSPS) is 14.5. The summed E-state index contributed by atoms with van der Waals surface area (Å²) < 4.78 is 37.1. The van der Waals surface area contributed by atoms with Gasteiger partial charge in [-0.15, -0.1) is 0 Å². The summed E-state index contributed by atoms with van der Waals surface area (Å²) >= 11 is 0. The third kappa shape index (κ3) is 3.11. The topological polar surface area (TPSA) is 93.1 Å². The highest BCUT2D eigenvalue weighted by Crippen LogP contribution is 2.37. The van der Waals surface area contributed by atoms with Gasteiger partial charge in [-0.1, -0.05) is 6.07 Å². The van der Waals surface area contributed by atoms with Crippen molar-refractivity contribution < 1.29 is 27.8 Å². The van der Waals surface area contributed by atoms with E-state index in [0.29, 0.717) is 12.4 Å². The average Bonchev–Trinajstić information content (AvgIpc) is 2.43. The predicted molar refractivity (Wildman–Crippen MR) is 74.1 cm³/mol. The lowest BCUT2D eigenvalue weighted by Gasteiger charge is -2.27. The first-order chi connectivity index (χ1) is 9.84. The summed E-state index contributed by atoms with van der Waals surface area (Å²) in [6.07, 6.45) is 0. The Morgan fingerprint density at radius 2 is 2.00 bits per heavy atom. The second-order valence-electron chi connectivity index (χ2n) is 4.82. The summed E-state index contributed by atoms with van der Waals surface area (Å²) in [5.74, 6) is -0.726. The van der Waals surface area contributed by atoms with E-state index in [9.17, 15) is 13.2 Å². The Kier molecular flexibility index (Phi) is 4.38. The van der Waals surface area contributed by atoms with Gasteiger partial charge in [-0.25, -0.2) is 8.42 Å². The van der Waals surface area contributed by atoms with Gasteiger partial charge in [0.05, 0.1) is 0 Å². The summed E-state index contributed by atoms with van der Waals surface area (Å²) in [6, 6.07) is 4.05. The number of hydrogen-bond acceptors (Lipinski definition) is 5. The van der Waals surface area contributed by atoms with E-state index in [1.165, 1.54) is 6.07 Å². The monoisotopic (exact) mass is 315 g/mol. The zero-order valence-corrected chi connectivity index (χ0v) is 12.6. The van der Waals surface area contributed by atoms with Crippen molar-refractivity contribution in [3.8, 4) is 11.5 Å². The van der Waals surface area contributed by atoms with Crippen molar-refractivity contribution >= 4 is 16.0 Å². The molecular formula is C13H17NO6S. The number of ether oxygens (including phenoxy) is 2. The van der Waals surface area contributed by atoms with Crippen LogP contribution in [0.3, 0.4) is 0 Å². The van der Waals surface area contributed by atoms with E-state index in [1.54, 1.807) is 26.0 Å². The summed E-state index contributed by atoms with van der Waals surface area (Å²) in [7, 11) is -3.99. The molecule has 8 heteroatoms. The van der Waals surface area contributed by atoms with Gasteiger partial charge in [0.15, 0.2) is 11.5 Å². The lowest BCUT2D eigenvalue weighted by atomic mass is 10.3. The first-order valence-corrected chi connectivity index (χ1v) is 7.90. The molecule has 7 nitrogen and oxygen atoms in total. The summed E-state index contributed by atoms with van der Waals surface area (Å²) in [5, 5.41) is 8.92. The summed E-state index contributed by atoms with van der Waals surface area (Å²) in [5.41, 5.74) is 0. The molecule has 0 atom stereocenters. The van der Waals surface area contributed by atoms with Crippen molar-refractivity contribution in [2.24, 2.45) is 0 Å². The Bertz CT molecular complexity index is 640. The van der Waals surface area contributed by atoms with Gasteiger partial charge in [-0.3, -0.25) is 4.79 Å². The smallest absolute Gasteiger partial charge is 0.318 e. The number of fused-ring (bicyclic) bond motifs is 1. The number of carbonyl (C=O) groups is 1. The minimum Gasteiger partial charge on any atom is -0.486 e. The minimum absolute atomic E-state index is 0.0744. The Balaban J connectivity index is 2.50. The number of carboxylic acids is 1. The molecule has 2 rings (SSSR count). The van der Waals surface area contributed by atoms with E-state index in [4.69, 9.17) is 14.6 Å². The maximum Gasteiger partial charge on any atom is 0.318 e. The molecule has 0 fully saturated rings. The molecule has 0 spiro atoms. The molecule has 0 bridgehead atoms. The fourth-order valence-corrected chi connectivity index (χ4v) is 3.79. The largest absolute Gasteiger partial charge is 0.486 e. The van der Waals surface area contributed by atoms with Gasteiger partial charge in [-0.2, -0.15) is 4.31 Å². The Labute approximate surface area is 123 Å². The standard InChI is InChI=1S/C13H17NO6S/c1-9(2)14(8-12(15)16)21(17,18)11-5-3-4-10-13(11)20-7-6-19-10/h3-5,9H,6-8H2,1-2H3,(H,15,16). The van der Waals surface area contributed by atoms with E-state index in [1.807, 2.05) is 0 Å². The molecule has 1 heterocycles. The third-order valence-electron chi connectivity index (χ3n) is 2.98. The van der Waals surface area contributed by atoms with Crippen molar-refractivity contribution in [1.82, 2.24) is 4.31 Å². The number of nitrogens with zero attached hydrogens (tertiary/aromatic N) is 1. The minimum atomic E-state index is -3.99. The molecule has 21 heavy (non-hydrogen) atoms. The molecule has 0 aliphatic carbocycles. The number of rotatable bonds is 5. The van der Waals surface area contributed by atoms with Gasteiger partial charge in [-0.05, 0) is 26.0 Å². The van der Waals surface area contributed by atoms with E-state index in [2.05, 4.69) is 0 Å². The van der Waals surface area contributed by atoms with Crippen LogP contribution in [-0.4, -0.2) is 49.6 Å². The van der Waals surface area contributed by atoms with Crippen molar-refractivity contribution in [2.75, 3.05) is 19.8 Å². The highest BCUT2D eigenvalue weighted by Gasteiger charge is 2.33. The predicted octanol–water partition coefficient (Wildman–Crippen LogP) is 0.941. The Hall–Kier alpha value is -1.80. The summed E-state index contributed by atoms with van der Waals surface area (Å²) in [6.45, 7) is 3.23. The molecular weight excluding hydrogens is 298 g/mol. The zero-order valence-electron chi connectivity index (χ0n) is 11.8. The van der Waals surface area contributed by atoms with Gasteiger partial charge in [0.2, 0.25) is 10.0 Å². The first kappa shape index (κ1) is 15.6. The molecule has 1 aromatic carbocycles. The average molecular weight is 315 g/mol. The van der Waals surface area contributed by atoms with E-state index in [-0.39, 0.29) is 17.3 Å². The van der Waals surface area contributed by atoms with Crippen LogP contribution in [0, 0.1) is 0 Å². The highest BCUT2D eigenvalue weighted by atomic mass is 32.2. The number of para-hydroxylation sites is 1. The van der Waals surface area contributed by atoms with Gasteiger partial charge in [0.25, 0.3) is 0 Å². The van der Waals surface area contributed by atoms with Gasteiger partial charge >= 0.3 is 5.97 Å². The maximum atomic E-state index is 12.7. The molecule has 0 aromatic heterocycles. The SMILES string of the molecule is CC(C)N(CC(=O)O)S(=O)(=O)c1cccc2c1OCCO2. The van der Waals surface area contributed by atoms with Crippen LogP contribution in [0.5, 0.6) is 11.5 Å². The van der Waals surface area contributed by atoms with Crippen LogP contribution < -0.4 is 9.47 Å². The van der Waals surface area contributed by atoms with Gasteiger partial charge < -0.3 is 14.6 Å². The van der Waals surface area contributed by atoms with Crippen LogP contribution in [0.15, 0.2) is 23.1 Å². The van der Waals surface area contributed by atoms with Crippen LogP contribution in [-0.2, 0) is 14.8 Å². The molecule has 0 unspecified atom stereocenters. The van der Waals surface area contributed by atoms with Gasteiger partial charge in [0.1, 0.15) is 24.7 Å². The van der Waals surface area contributed by atoms with Crippen molar-refractivity contribution in [1.29, 1.82) is 0 Å². The Morgan fingerprint density at radius 1 is 1.33 bits per heavy atom. The summed E-state index contributed by atoms with van der Waals surface area (Å²) in [4.78, 5) is 10.8. The second-order valence-corrected chi connectivity index (χ2v) is 6.68. The molecule has 1 aliphatic rings. The fraction of sp³-hybridized carbons (Fsp3) is 0.462. The second kappa shape index (κ2) is 5.90. The number of aliphatic carboxylic acids is 1. The number of benzene rings is 1. The highest BCUT2D eigenvalue weighted by molar-refractivity contribution is 7.89. The molecule has 0 saturated heterocycles. The third-order valence-corrected chi connectivity index (χ3v) is 5.03. The molecule has 0 amide bonds. The maximum absolute atomic E-state index is 12.7. The van der Waals surface area contributed by atoms with Crippen LogP contribution >= 0.6 is 0 Å². The molecule has 116 valence electrons. The lowest BCUT2D eigenvalue weighted by molar-refractivity contribution is -0.137. The van der Waals surface area contributed by atoms with Gasteiger partial charge in [0, 0.05) is 6.04 Å². The molecule has 1 N–H and O–H groups in total. The van der Waals surface area contributed by atoms with Crippen LogP contribution in [0.4, 0.5) is 0 Å². The van der Waals surface area contributed by atoms with Crippen molar-refractivity contribution in [3.05, 3.63) is 18.2 Å².